The van der Waals surface area contributed by atoms with E-state index in [1.54, 1.807) is 23.1 Å². The number of hydrogen-bond donors (Lipinski definition) is 1. The summed E-state index contributed by atoms with van der Waals surface area (Å²) in [6.45, 7) is 2.18. The summed E-state index contributed by atoms with van der Waals surface area (Å²) in [5, 5.41) is 7.58. The van der Waals surface area contributed by atoms with E-state index in [-0.39, 0.29) is 5.91 Å². The zero-order valence-electron chi connectivity index (χ0n) is 12.8. The second-order valence-corrected chi connectivity index (χ2v) is 5.65. The lowest BCUT2D eigenvalue weighted by molar-refractivity contribution is -0.116. The number of halogens is 1. The van der Waals surface area contributed by atoms with E-state index >= 15 is 0 Å². The van der Waals surface area contributed by atoms with E-state index < -0.39 is 0 Å². The maximum absolute atomic E-state index is 12.1. The Morgan fingerprint density at radius 1 is 1.27 bits per heavy atom. The fraction of sp³-hybridized carbons (Fsp3) is 0.438. The molecule has 118 valence electrons. The van der Waals surface area contributed by atoms with Gasteiger partial charge in [-0.2, -0.15) is 5.10 Å². The van der Waals surface area contributed by atoms with Crippen LogP contribution in [0.25, 0.3) is 5.69 Å². The second-order valence-electron chi connectivity index (χ2n) is 5.21. The van der Waals surface area contributed by atoms with Crippen molar-refractivity contribution in [1.82, 2.24) is 14.8 Å². The number of carbonyl (C=O) groups excluding carboxylic acids is 1. The van der Waals surface area contributed by atoms with Crippen LogP contribution in [-0.4, -0.2) is 20.7 Å². The van der Waals surface area contributed by atoms with Crippen LogP contribution in [0.2, 0.25) is 5.02 Å². The van der Waals surface area contributed by atoms with Crippen LogP contribution in [0.1, 0.15) is 45.4 Å². The van der Waals surface area contributed by atoms with Crippen molar-refractivity contribution in [2.75, 3.05) is 5.32 Å². The van der Waals surface area contributed by atoms with E-state index in [1.807, 2.05) is 6.07 Å². The largest absolute Gasteiger partial charge is 0.324 e. The monoisotopic (exact) mass is 320 g/mol. The minimum absolute atomic E-state index is 0.000121. The third kappa shape index (κ3) is 4.84. The quantitative estimate of drug-likeness (QED) is 0.741. The third-order valence-electron chi connectivity index (χ3n) is 3.41. The fourth-order valence-corrected chi connectivity index (χ4v) is 2.41. The molecule has 1 aromatic heterocycles. The lowest BCUT2D eigenvalue weighted by Crippen LogP contribution is -2.13. The molecule has 0 radical (unpaired) electrons. The molecule has 2 aromatic rings. The molecule has 22 heavy (non-hydrogen) atoms. The number of nitrogens with one attached hydrogen (secondary N) is 1. The highest BCUT2D eigenvalue weighted by Crippen LogP contribution is 2.24. The topological polar surface area (TPSA) is 59.8 Å². The Labute approximate surface area is 135 Å². The first-order valence-corrected chi connectivity index (χ1v) is 8.03. The van der Waals surface area contributed by atoms with Crippen molar-refractivity contribution in [3.05, 3.63) is 35.9 Å². The van der Waals surface area contributed by atoms with Gasteiger partial charge in [0.15, 0.2) is 0 Å². The van der Waals surface area contributed by atoms with E-state index in [4.69, 9.17) is 11.6 Å². The number of anilines is 1. The maximum atomic E-state index is 12.1. The lowest BCUT2D eigenvalue weighted by Gasteiger charge is -2.11. The predicted molar refractivity (Wildman–Crippen MR) is 88.4 cm³/mol. The average Bonchev–Trinajstić information content (AvgIpc) is 3.01. The van der Waals surface area contributed by atoms with Crippen LogP contribution in [0.3, 0.4) is 0 Å². The van der Waals surface area contributed by atoms with E-state index in [0.717, 1.165) is 18.5 Å². The van der Waals surface area contributed by atoms with E-state index in [0.29, 0.717) is 17.1 Å². The van der Waals surface area contributed by atoms with Crippen LogP contribution in [-0.2, 0) is 4.79 Å². The number of amides is 1. The van der Waals surface area contributed by atoms with Gasteiger partial charge in [0.25, 0.3) is 0 Å². The molecule has 0 aliphatic rings. The van der Waals surface area contributed by atoms with Crippen molar-refractivity contribution in [2.45, 2.75) is 45.4 Å². The molecule has 0 saturated carbocycles. The first-order valence-electron chi connectivity index (χ1n) is 7.65. The van der Waals surface area contributed by atoms with E-state index in [2.05, 4.69) is 22.3 Å². The molecule has 0 aliphatic carbocycles. The molecule has 0 bridgehead atoms. The third-order valence-corrected chi connectivity index (χ3v) is 3.64. The highest BCUT2D eigenvalue weighted by atomic mass is 35.5. The SMILES string of the molecule is CCCCCCCC(=O)Nc1cc(Cl)ccc1-n1cncn1. The molecule has 1 N–H and O–H groups in total. The molecular weight excluding hydrogens is 300 g/mol. The molecule has 6 heteroatoms. The summed E-state index contributed by atoms with van der Waals surface area (Å²) in [6, 6.07) is 5.31. The van der Waals surface area contributed by atoms with Gasteiger partial charge < -0.3 is 5.32 Å². The Bertz CT molecular complexity index is 598. The average molecular weight is 321 g/mol. The van der Waals surface area contributed by atoms with Crippen molar-refractivity contribution >= 4 is 23.2 Å². The molecule has 5 nitrogen and oxygen atoms in total. The molecule has 2 rings (SSSR count). The zero-order valence-corrected chi connectivity index (χ0v) is 13.5. The number of nitrogens with zero attached hydrogens (tertiary/aromatic N) is 3. The molecule has 0 aliphatic heterocycles. The van der Waals surface area contributed by atoms with E-state index in [1.165, 1.54) is 25.6 Å². The summed E-state index contributed by atoms with van der Waals surface area (Å²) >= 11 is 6.03. The minimum atomic E-state index is 0.000121. The van der Waals surface area contributed by atoms with Gasteiger partial charge in [-0.05, 0) is 24.6 Å². The molecule has 1 amide bonds. The molecule has 1 aromatic carbocycles. The lowest BCUT2D eigenvalue weighted by atomic mass is 10.1. The summed E-state index contributed by atoms with van der Waals surface area (Å²) < 4.78 is 1.60. The smallest absolute Gasteiger partial charge is 0.224 e. The molecule has 1 heterocycles. The standard InChI is InChI=1S/C16H21ClN4O/c1-2-3-4-5-6-7-16(22)20-14-10-13(17)8-9-15(14)21-12-18-11-19-21/h8-12H,2-7H2,1H3,(H,20,22). The molecular formula is C16H21ClN4O. The number of unbranched alkanes of at least 4 members (excludes halogenated alkanes) is 4. The van der Waals surface area contributed by atoms with Crippen LogP contribution in [0.15, 0.2) is 30.9 Å². The van der Waals surface area contributed by atoms with Gasteiger partial charge in [0.1, 0.15) is 12.7 Å². The van der Waals surface area contributed by atoms with Gasteiger partial charge in [0.2, 0.25) is 5.91 Å². The number of benzene rings is 1. The van der Waals surface area contributed by atoms with Gasteiger partial charge >= 0.3 is 0 Å². The highest BCUT2D eigenvalue weighted by Gasteiger charge is 2.10. The molecule has 0 fully saturated rings. The van der Waals surface area contributed by atoms with Gasteiger partial charge in [-0.3, -0.25) is 4.79 Å². The van der Waals surface area contributed by atoms with Crippen molar-refractivity contribution < 1.29 is 4.79 Å². The Kier molecular flexibility index (Phi) is 6.40. The number of rotatable bonds is 8. The Morgan fingerprint density at radius 2 is 2.09 bits per heavy atom. The second kappa shape index (κ2) is 8.54. The van der Waals surface area contributed by atoms with Gasteiger partial charge in [-0.25, -0.2) is 9.67 Å². The number of carbonyl (C=O) groups is 1. The molecule has 0 atom stereocenters. The number of aromatic nitrogens is 3. The maximum Gasteiger partial charge on any atom is 0.224 e. The summed E-state index contributed by atoms with van der Waals surface area (Å²) in [5.41, 5.74) is 1.40. The normalized spacial score (nSPS) is 10.6. The van der Waals surface area contributed by atoms with Gasteiger partial charge in [-0.15, -0.1) is 0 Å². The van der Waals surface area contributed by atoms with Crippen LogP contribution >= 0.6 is 11.6 Å². The minimum Gasteiger partial charge on any atom is -0.324 e. The summed E-state index contributed by atoms with van der Waals surface area (Å²) in [4.78, 5) is 16.0. The highest BCUT2D eigenvalue weighted by molar-refractivity contribution is 6.31. The van der Waals surface area contributed by atoms with Crippen molar-refractivity contribution in [2.24, 2.45) is 0 Å². The van der Waals surface area contributed by atoms with Gasteiger partial charge in [0.05, 0.1) is 11.4 Å². The first kappa shape index (κ1) is 16.5. The molecule has 0 unspecified atom stereocenters. The summed E-state index contributed by atoms with van der Waals surface area (Å²) in [5.74, 6) is 0.000121. The van der Waals surface area contributed by atoms with Crippen molar-refractivity contribution in [3.8, 4) is 5.69 Å². The van der Waals surface area contributed by atoms with Crippen LogP contribution in [0.5, 0.6) is 0 Å². The molecule has 0 saturated heterocycles. The van der Waals surface area contributed by atoms with Crippen molar-refractivity contribution in [3.63, 3.8) is 0 Å². The number of hydrogen-bond acceptors (Lipinski definition) is 3. The Hall–Kier alpha value is -1.88. The zero-order chi connectivity index (χ0) is 15.8. The van der Waals surface area contributed by atoms with Gasteiger partial charge in [0, 0.05) is 11.4 Å². The first-order chi connectivity index (χ1) is 10.7. The fourth-order valence-electron chi connectivity index (χ4n) is 2.24. The van der Waals surface area contributed by atoms with E-state index in [9.17, 15) is 4.79 Å². The summed E-state index contributed by atoms with van der Waals surface area (Å²) in [6.07, 6.45) is 9.18. The predicted octanol–water partition coefficient (Wildman–Crippen LogP) is 4.22. The summed E-state index contributed by atoms with van der Waals surface area (Å²) in [7, 11) is 0. The Balaban J connectivity index is 1.97. The Morgan fingerprint density at radius 3 is 2.82 bits per heavy atom. The van der Waals surface area contributed by atoms with Crippen molar-refractivity contribution in [1.29, 1.82) is 0 Å². The van der Waals surface area contributed by atoms with Crippen LogP contribution in [0.4, 0.5) is 5.69 Å². The van der Waals surface area contributed by atoms with Crippen LogP contribution < -0.4 is 5.32 Å². The van der Waals surface area contributed by atoms with Gasteiger partial charge in [-0.1, -0.05) is 44.2 Å². The van der Waals surface area contributed by atoms with Crippen LogP contribution in [0, 0.1) is 0 Å². The molecule has 0 spiro atoms.